The fourth-order valence-corrected chi connectivity index (χ4v) is 1.24. The van der Waals surface area contributed by atoms with Crippen LogP contribution in [0.5, 0.6) is 0 Å². The van der Waals surface area contributed by atoms with Gasteiger partial charge in [0.1, 0.15) is 6.07 Å². The first-order chi connectivity index (χ1) is 5.83. The number of nitriles is 1. The average Bonchev–Trinajstić information content (AvgIpc) is 2.53. The normalized spacial score (nSPS) is 10.0. The molecule has 0 N–H and O–H groups in total. The van der Waals surface area contributed by atoms with E-state index in [-0.39, 0.29) is 0 Å². The first-order valence-corrected chi connectivity index (χ1v) is 3.63. The highest BCUT2D eigenvalue weighted by atomic mass is 35.5. The SMILES string of the molecule is N#Cc1ccc2oncc2c1Cl. The van der Waals surface area contributed by atoms with E-state index < -0.39 is 0 Å². The predicted molar refractivity (Wildman–Crippen MR) is 43.7 cm³/mol. The third-order valence-electron chi connectivity index (χ3n) is 1.59. The van der Waals surface area contributed by atoms with Crippen LogP contribution in [-0.2, 0) is 0 Å². The smallest absolute Gasteiger partial charge is 0.168 e. The standard InChI is InChI=1S/C8H3ClN2O/c9-8-5(3-10)1-2-7-6(8)4-11-12-7/h1-2,4H. The molecule has 0 aliphatic heterocycles. The van der Waals surface area contributed by atoms with Crippen LogP contribution in [0.15, 0.2) is 22.9 Å². The van der Waals surface area contributed by atoms with Gasteiger partial charge in [-0.3, -0.25) is 0 Å². The average molecular weight is 179 g/mol. The molecule has 1 aromatic heterocycles. The van der Waals surface area contributed by atoms with Crippen molar-refractivity contribution in [1.82, 2.24) is 5.16 Å². The van der Waals surface area contributed by atoms with Crippen LogP contribution in [0.25, 0.3) is 11.0 Å². The Morgan fingerprint density at radius 3 is 3.08 bits per heavy atom. The molecule has 0 unspecified atom stereocenters. The quantitative estimate of drug-likeness (QED) is 0.622. The molecule has 12 heavy (non-hydrogen) atoms. The summed E-state index contributed by atoms with van der Waals surface area (Å²) in [7, 11) is 0. The summed E-state index contributed by atoms with van der Waals surface area (Å²) in [5.41, 5.74) is 1.03. The fraction of sp³-hybridized carbons (Fsp3) is 0. The van der Waals surface area contributed by atoms with Gasteiger partial charge < -0.3 is 4.52 Å². The summed E-state index contributed by atoms with van der Waals surface area (Å²) in [5, 5.41) is 13.3. The fourth-order valence-electron chi connectivity index (χ4n) is 0.997. The molecule has 0 fully saturated rings. The molecule has 0 aliphatic carbocycles. The van der Waals surface area contributed by atoms with Gasteiger partial charge in [-0.2, -0.15) is 5.26 Å². The molecular weight excluding hydrogens is 176 g/mol. The van der Waals surface area contributed by atoms with E-state index in [4.69, 9.17) is 21.4 Å². The summed E-state index contributed by atoms with van der Waals surface area (Å²) in [6, 6.07) is 5.26. The topological polar surface area (TPSA) is 49.8 Å². The van der Waals surface area contributed by atoms with Crippen molar-refractivity contribution in [2.45, 2.75) is 0 Å². The third kappa shape index (κ3) is 0.858. The molecule has 58 valence electrons. The number of nitrogens with zero attached hydrogens (tertiary/aromatic N) is 2. The van der Waals surface area contributed by atoms with Crippen molar-refractivity contribution in [3.05, 3.63) is 28.9 Å². The Bertz CT molecular complexity index is 469. The minimum absolute atomic E-state index is 0.399. The molecule has 2 aromatic rings. The molecule has 0 atom stereocenters. The lowest BCUT2D eigenvalue weighted by molar-refractivity contribution is 0.456. The second kappa shape index (κ2) is 2.50. The van der Waals surface area contributed by atoms with Gasteiger partial charge in [0, 0.05) is 0 Å². The minimum atomic E-state index is 0.399. The van der Waals surface area contributed by atoms with Crippen molar-refractivity contribution in [2.75, 3.05) is 0 Å². The van der Waals surface area contributed by atoms with E-state index in [2.05, 4.69) is 5.16 Å². The molecule has 1 aromatic carbocycles. The number of aromatic nitrogens is 1. The zero-order valence-corrected chi connectivity index (χ0v) is 6.67. The maximum Gasteiger partial charge on any atom is 0.168 e. The highest BCUT2D eigenvalue weighted by molar-refractivity contribution is 6.36. The molecule has 0 saturated carbocycles. The first-order valence-electron chi connectivity index (χ1n) is 3.26. The van der Waals surface area contributed by atoms with Gasteiger partial charge >= 0.3 is 0 Å². The Labute approximate surface area is 73.1 Å². The van der Waals surface area contributed by atoms with Gasteiger partial charge in [-0.1, -0.05) is 16.8 Å². The van der Waals surface area contributed by atoms with Crippen LogP contribution in [0.3, 0.4) is 0 Å². The maximum atomic E-state index is 8.63. The Balaban J connectivity index is 2.89. The number of halogens is 1. The van der Waals surface area contributed by atoms with Crippen molar-refractivity contribution in [3.8, 4) is 6.07 Å². The second-order valence-electron chi connectivity index (χ2n) is 2.28. The number of hydrogen-bond donors (Lipinski definition) is 0. The van der Waals surface area contributed by atoms with Gasteiger partial charge in [0.25, 0.3) is 0 Å². The molecule has 0 radical (unpaired) electrons. The van der Waals surface area contributed by atoms with Crippen LogP contribution >= 0.6 is 11.6 Å². The number of rotatable bonds is 0. The molecule has 2 rings (SSSR count). The molecular formula is C8H3ClN2O. The van der Waals surface area contributed by atoms with E-state index in [0.717, 1.165) is 0 Å². The molecule has 0 saturated heterocycles. The lowest BCUT2D eigenvalue weighted by atomic mass is 10.2. The molecule has 0 aliphatic rings. The van der Waals surface area contributed by atoms with E-state index in [0.29, 0.717) is 21.6 Å². The lowest BCUT2D eigenvalue weighted by Crippen LogP contribution is -1.75. The molecule has 3 nitrogen and oxygen atoms in total. The summed E-state index contributed by atoms with van der Waals surface area (Å²) in [4.78, 5) is 0. The predicted octanol–water partition coefficient (Wildman–Crippen LogP) is 2.35. The minimum Gasteiger partial charge on any atom is -0.356 e. The highest BCUT2D eigenvalue weighted by Crippen LogP contribution is 2.26. The summed E-state index contributed by atoms with van der Waals surface area (Å²) in [6.45, 7) is 0. The summed E-state index contributed by atoms with van der Waals surface area (Å²) < 4.78 is 4.85. The van der Waals surface area contributed by atoms with Crippen LogP contribution in [0, 0.1) is 11.3 Å². The Morgan fingerprint density at radius 1 is 1.50 bits per heavy atom. The van der Waals surface area contributed by atoms with Gasteiger partial charge in [-0.15, -0.1) is 0 Å². The summed E-state index contributed by atoms with van der Waals surface area (Å²) in [6.07, 6.45) is 1.50. The van der Waals surface area contributed by atoms with Gasteiger partial charge in [-0.05, 0) is 12.1 Å². The van der Waals surface area contributed by atoms with E-state index in [1.54, 1.807) is 12.1 Å². The van der Waals surface area contributed by atoms with E-state index >= 15 is 0 Å². The Kier molecular flexibility index (Phi) is 1.49. The molecule has 1 heterocycles. The molecule has 0 spiro atoms. The van der Waals surface area contributed by atoms with Crippen molar-refractivity contribution in [1.29, 1.82) is 5.26 Å². The third-order valence-corrected chi connectivity index (χ3v) is 2.00. The Hall–Kier alpha value is -1.53. The maximum absolute atomic E-state index is 8.63. The highest BCUT2D eigenvalue weighted by Gasteiger charge is 2.07. The number of benzene rings is 1. The van der Waals surface area contributed by atoms with Gasteiger partial charge in [0.2, 0.25) is 0 Å². The first kappa shape index (κ1) is 7.14. The summed E-state index contributed by atoms with van der Waals surface area (Å²) >= 11 is 5.86. The summed E-state index contributed by atoms with van der Waals surface area (Å²) in [5.74, 6) is 0. The number of hydrogen-bond acceptors (Lipinski definition) is 3. The zero-order chi connectivity index (χ0) is 8.55. The van der Waals surface area contributed by atoms with Crippen LogP contribution in [0.2, 0.25) is 5.02 Å². The van der Waals surface area contributed by atoms with Crippen LogP contribution in [0.1, 0.15) is 5.56 Å². The second-order valence-corrected chi connectivity index (χ2v) is 2.65. The van der Waals surface area contributed by atoms with Gasteiger partial charge in [0.15, 0.2) is 5.58 Å². The van der Waals surface area contributed by atoms with E-state index in [1.165, 1.54) is 6.20 Å². The lowest BCUT2D eigenvalue weighted by Gasteiger charge is -1.92. The van der Waals surface area contributed by atoms with Crippen LogP contribution in [0.4, 0.5) is 0 Å². The van der Waals surface area contributed by atoms with Gasteiger partial charge in [0.05, 0.1) is 22.2 Å². The molecule has 4 heteroatoms. The van der Waals surface area contributed by atoms with Crippen molar-refractivity contribution >= 4 is 22.6 Å². The monoisotopic (exact) mass is 178 g/mol. The largest absolute Gasteiger partial charge is 0.356 e. The van der Waals surface area contributed by atoms with E-state index in [9.17, 15) is 0 Å². The van der Waals surface area contributed by atoms with Gasteiger partial charge in [-0.25, -0.2) is 0 Å². The van der Waals surface area contributed by atoms with Crippen molar-refractivity contribution < 1.29 is 4.52 Å². The number of fused-ring (bicyclic) bond motifs is 1. The molecule has 0 amide bonds. The van der Waals surface area contributed by atoms with Crippen LogP contribution in [-0.4, -0.2) is 5.16 Å². The van der Waals surface area contributed by atoms with Crippen molar-refractivity contribution in [2.24, 2.45) is 0 Å². The Morgan fingerprint density at radius 2 is 2.33 bits per heavy atom. The van der Waals surface area contributed by atoms with Crippen LogP contribution < -0.4 is 0 Å². The van der Waals surface area contributed by atoms with Crippen molar-refractivity contribution in [3.63, 3.8) is 0 Å². The molecule has 0 bridgehead atoms. The van der Waals surface area contributed by atoms with E-state index in [1.807, 2.05) is 6.07 Å². The zero-order valence-electron chi connectivity index (χ0n) is 5.91.